The number of likely N-dealkylation sites (N-methyl/N-ethyl adjacent to an activating group) is 1. The van der Waals surface area contributed by atoms with Gasteiger partial charge in [-0.2, -0.15) is 0 Å². The molecule has 1 aliphatic rings. The largest absolute Gasteiger partial charge is 0.495 e. The van der Waals surface area contributed by atoms with Gasteiger partial charge in [-0.15, -0.1) is 6.42 Å². The fraction of sp³-hybridized carbons (Fsp3) is 0.300. The molecule has 0 spiro atoms. The summed E-state index contributed by atoms with van der Waals surface area (Å²) in [6.07, 6.45) is 10.4. The van der Waals surface area contributed by atoms with E-state index in [0.29, 0.717) is 17.4 Å². The Balaban J connectivity index is 1.69. The predicted molar refractivity (Wildman–Crippen MR) is 102 cm³/mol. The van der Waals surface area contributed by atoms with E-state index < -0.39 is 0 Å². The van der Waals surface area contributed by atoms with Gasteiger partial charge in [0.05, 0.1) is 30.3 Å². The topological polar surface area (TPSA) is 54.7 Å². The van der Waals surface area contributed by atoms with Crippen molar-refractivity contribution in [3.8, 4) is 29.5 Å². The van der Waals surface area contributed by atoms with E-state index in [-0.39, 0.29) is 0 Å². The minimum absolute atomic E-state index is 0.433. The number of terminal acetylenes is 1. The van der Waals surface area contributed by atoms with Crippen molar-refractivity contribution in [1.82, 2.24) is 19.3 Å². The molecule has 4 rings (SSSR count). The van der Waals surface area contributed by atoms with Crippen molar-refractivity contribution in [2.75, 3.05) is 32.6 Å². The van der Waals surface area contributed by atoms with E-state index in [0.717, 1.165) is 42.4 Å². The summed E-state index contributed by atoms with van der Waals surface area (Å²) in [5.41, 5.74) is 3.20. The fourth-order valence-corrected chi connectivity index (χ4v) is 3.39. The highest BCUT2D eigenvalue weighted by Crippen LogP contribution is 2.26. The molecule has 4 heterocycles. The molecule has 0 bridgehead atoms. The smallest absolute Gasteiger partial charge is 0.141 e. The number of imidazole rings is 1. The van der Waals surface area contributed by atoms with Crippen LogP contribution >= 0.6 is 0 Å². The van der Waals surface area contributed by atoms with Gasteiger partial charge in [-0.1, -0.05) is 12.0 Å². The van der Waals surface area contributed by atoms with E-state index in [4.69, 9.17) is 16.1 Å². The van der Waals surface area contributed by atoms with Crippen molar-refractivity contribution < 1.29 is 4.74 Å². The highest BCUT2D eigenvalue weighted by Gasteiger charge is 2.19. The van der Waals surface area contributed by atoms with Gasteiger partial charge in [-0.25, -0.2) is 9.97 Å². The molecular weight excluding hydrogens is 326 g/mol. The molecule has 6 heteroatoms. The number of nitrogens with one attached hydrogen (secondary N) is 1. The van der Waals surface area contributed by atoms with Crippen LogP contribution in [0.15, 0.2) is 36.7 Å². The van der Waals surface area contributed by atoms with E-state index in [1.54, 1.807) is 7.11 Å². The predicted octanol–water partition coefficient (Wildman–Crippen LogP) is 2.50. The molecule has 6 nitrogen and oxygen atoms in total. The monoisotopic (exact) mass is 347 g/mol. The summed E-state index contributed by atoms with van der Waals surface area (Å²) >= 11 is 0. The second-order valence-corrected chi connectivity index (χ2v) is 6.57. The van der Waals surface area contributed by atoms with Crippen LogP contribution in [0.4, 0.5) is 5.82 Å². The standard InChI is InChI=1S/C20H21N5O/c1-4-14-12-25-17(11-21-20(25)10-18(14)26-3)16-6-5-7-19(23-16)22-15-8-9-24(2)13-15/h1,5-7,10-12,15H,8-9,13H2,2-3H3,(H,22,23). The van der Waals surface area contributed by atoms with E-state index in [2.05, 4.69) is 28.2 Å². The zero-order valence-electron chi connectivity index (χ0n) is 14.9. The van der Waals surface area contributed by atoms with E-state index >= 15 is 0 Å². The Hall–Kier alpha value is -3.04. The molecule has 1 aliphatic heterocycles. The molecule has 3 aromatic heterocycles. The molecule has 0 aromatic carbocycles. The molecule has 26 heavy (non-hydrogen) atoms. The number of hydrogen-bond acceptors (Lipinski definition) is 5. The van der Waals surface area contributed by atoms with Gasteiger partial charge in [0.2, 0.25) is 0 Å². The maximum Gasteiger partial charge on any atom is 0.141 e. The number of ether oxygens (including phenoxy) is 1. The third kappa shape index (κ3) is 2.98. The Kier molecular flexibility index (Phi) is 4.23. The number of pyridine rings is 2. The lowest BCUT2D eigenvalue weighted by Crippen LogP contribution is -2.23. The molecular formula is C20H21N5O. The average Bonchev–Trinajstić information content (AvgIpc) is 3.26. The normalized spacial score (nSPS) is 17.3. The Morgan fingerprint density at radius 3 is 3.00 bits per heavy atom. The lowest BCUT2D eigenvalue weighted by Gasteiger charge is -2.14. The lowest BCUT2D eigenvalue weighted by molar-refractivity contribution is 0.413. The molecule has 1 fully saturated rings. The molecule has 0 aliphatic carbocycles. The summed E-state index contributed by atoms with van der Waals surface area (Å²) in [7, 11) is 3.74. The number of likely N-dealkylation sites (tertiary alicyclic amines) is 1. The number of aromatic nitrogens is 3. The SMILES string of the molecule is C#Cc1cn2c(-c3cccc(NC4CCN(C)C4)n3)cnc2cc1OC. The third-order valence-corrected chi connectivity index (χ3v) is 4.74. The number of methoxy groups -OCH3 is 1. The minimum atomic E-state index is 0.433. The number of hydrogen-bond donors (Lipinski definition) is 1. The van der Waals surface area contributed by atoms with Crippen molar-refractivity contribution in [2.45, 2.75) is 12.5 Å². The van der Waals surface area contributed by atoms with Gasteiger partial charge in [-0.3, -0.25) is 4.40 Å². The molecule has 1 unspecified atom stereocenters. The van der Waals surface area contributed by atoms with Crippen LogP contribution in [0.1, 0.15) is 12.0 Å². The van der Waals surface area contributed by atoms with Crippen LogP contribution in [-0.2, 0) is 0 Å². The van der Waals surface area contributed by atoms with E-state index in [9.17, 15) is 0 Å². The second-order valence-electron chi connectivity index (χ2n) is 6.57. The molecule has 3 aromatic rings. The molecule has 132 valence electrons. The van der Waals surface area contributed by atoms with Crippen LogP contribution in [0.3, 0.4) is 0 Å². The lowest BCUT2D eigenvalue weighted by atomic mass is 10.2. The zero-order chi connectivity index (χ0) is 18.1. The van der Waals surface area contributed by atoms with Gasteiger partial charge in [-0.05, 0) is 32.1 Å². The van der Waals surface area contributed by atoms with E-state index in [1.165, 1.54) is 0 Å². The van der Waals surface area contributed by atoms with Crippen molar-refractivity contribution in [1.29, 1.82) is 0 Å². The third-order valence-electron chi connectivity index (χ3n) is 4.74. The first-order valence-corrected chi connectivity index (χ1v) is 8.62. The summed E-state index contributed by atoms with van der Waals surface area (Å²) in [6, 6.07) is 8.27. The summed E-state index contributed by atoms with van der Waals surface area (Å²) in [5, 5.41) is 3.53. The molecule has 0 saturated carbocycles. The Labute approximate surface area is 152 Å². The van der Waals surface area contributed by atoms with Gasteiger partial charge in [0, 0.05) is 24.8 Å². The van der Waals surface area contributed by atoms with Crippen LogP contribution in [0.2, 0.25) is 0 Å². The summed E-state index contributed by atoms with van der Waals surface area (Å²) < 4.78 is 7.29. The van der Waals surface area contributed by atoms with Crippen LogP contribution in [-0.4, -0.2) is 52.6 Å². The molecule has 1 atom stereocenters. The van der Waals surface area contributed by atoms with Gasteiger partial charge in [0.1, 0.15) is 17.2 Å². The first kappa shape index (κ1) is 16.4. The molecule has 1 saturated heterocycles. The van der Waals surface area contributed by atoms with Gasteiger partial charge < -0.3 is 15.0 Å². The van der Waals surface area contributed by atoms with Crippen LogP contribution in [0.5, 0.6) is 5.75 Å². The number of nitrogens with zero attached hydrogens (tertiary/aromatic N) is 4. The Bertz CT molecular complexity index is 988. The molecule has 0 radical (unpaired) electrons. The van der Waals surface area contributed by atoms with Crippen molar-refractivity contribution >= 4 is 11.5 Å². The van der Waals surface area contributed by atoms with Gasteiger partial charge >= 0.3 is 0 Å². The quantitative estimate of drug-likeness (QED) is 0.735. The number of anilines is 1. The molecule has 1 N–H and O–H groups in total. The average molecular weight is 347 g/mol. The first-order chi connectivity index (χ1) is 12.7. The highest BCUT2D eigenvalue weighted by atomic mass is 16.5. The second kappa shape index (κ2) is 6.70. The number of fused-ring (bicyclic) bond motifs is 1. The Morgan fingerprint density at radius 2 is 2.27 bits per heavy atom. The maximum absolute atomic E-state index is 5.61. The first-order valence-electron chi connectivity index (χ1n) is 8.62. The zero-order valence-corrected chi connectivity index (χ0v) is 14.9. The summed E-state index contributed by atoms with van der Waals surface area (Å²) in [5.74, 6) is 4.18. The Morgan fingerprint density at radius 1 is 1.38 bits per heavy atom. The maximum atomic E-state index is 5.61. The summed E-state index contributed by atoms with van der Waals surface area (Å²) in [6.45, 7) is 2.15. The van der Waals surface area contributed by atoms with Crippen LogP contribution in [0, 0.1) is 12.3 Å². The van der Waals surface area contributed by atoms with Crippen LogP contribution in [0.25, 0.3) is 17.0 Å². The van der Waals surface area contributed by atoms with Gasteiger partial charge in [0.25, 0.3) is 0 Å². The minimum Gasteiger partial charge on any atom is -0.495 e. The van der Waals surface area contributed by atoms with Crippen LogP contribution < -0.4 is 10.1 Å². The van der Waals surface area contributed by atoms with Crippen molar-refractivity contribution in [2.24, 2.45) is 0 Å². The van der Waals surface area contributed by atoms with Gasteiger partial charge in [0.15, 0.2) is 0 Å². The van der Waals surface area contributed by atoms with Crippen molar-refractivity contribution in [3.05, 3.63) is 42.2 Å². The van der Waals surface area contributed by atoms with E-state index in [1.807, 2.05) is 41.1 Å². The van der Waals surface area contributed by atoms with Crippen molar-refractivity contribution in [3.63, 3.8) is 0 Å². The fourth-order valence-electron chi connectivity index (χ4n) is 3.39. The molecule has 0 amide bonds. The summed E-state index contributed by atoms with van der Waals surface area (Å²) in [4.78, 5) is 11.6. The number of rotatable bonds is 4. The highest BCUT2D eigenvalue weighted by molar-refractivity contribution is 5.64.